The van der Waals surface area contributed by atoms with Crippen molar-refractivity contribution in [3.05, 3.63) is 18.4 Å². The first-order valence-corrected chi connectivity index (χ1v) is 5.29. The maximum Gasteiger partial charge on any atom is 0.284 e. The molecule has 0 aliphatic rings. The average Bonchev–Trinajstić information content (AvgIpc) is 2.85. The van der Waals surface area contributed by atoms with Gasteiger partial charge in [0, 0.05) is 0 Å². The zero-order valence-corrected chi connectivity index (χ0v) is 9.06. The topological polar surface area (TPSA) is 92.2 Å². The number of carbonyl (C=O) groups is 1. The average molecular weight is 239 g/mol. The van der Waals surface area contributed by atoms with Gasteiger partial charge in [0.15, 0.2) is 5.76 Å². The Hall–Kier alpha value is -1.76. The lowest BCUT2D eigenvalue weighted by Gasteiger charge is -2.07. The second-order valence-corrected chi connectivity index (χ2v) is 4.22. The van der Waals surface area contributed by atoms with Crippen LogP contribution in [0.15, 0.2) is 32.5 Å². The van der Waals surface area contributed by atoms with Gasteiger partial charge in [-0.25, -0.2) is 0 Å². The fourth-order valence-electron chi connectivity index (χ4n) is 0.957. The zero-order valence-electron chi connectivity index (χ0n) is 8.25. The van der Waals surface area contributed by atoms with Crippen LogP contribution in [0.1, 0.15) is 6.92 Å². The quantitative estimate of drug-likeness (QED) is 0.719. The SMILES string of the molecule is C[C@@H](Sc1nnc(-c2ccco2)o1)C(=O)[O-]. The summed E-state index contributed by atoms with van der Waals surface area (Å²) in [7, 11) is 0. The molecule has 0 saturated carbocycles. The van der Waals surface area contributed by atoms with Crippen molar-refractivity contribution in [1.82, 2.24) is 10.2 Å². The molecule has 0 unspecified atom stereocenters. The molecule has 0 aliphatic carbocycles. The van der Waals surface area contributed by atoms with Gasteiger partial charge in [0.2, 0.25) is 0 Å². The molecule has 2 heterocycles. The van der Waals surface area contributed by atoms with E-state index in [1.54, 1.807) is 12.1 Å². The van der Waals surface area contributed by atoms with Crippen LogP contribution in [0.5, 0.6) is 0 Å². The number of aromatic nitrogens is 2. The van der Waals surface area contributed by atoms with Crippen molar-refractivity contribution in [2.24, 2.45) is 0 Å². The van der Waals surface area contributed by atoms with Crippen LogP contribution < -0.4 is 5.11 Å². The maximum atomic E-state index is 10.5. The van der Waals surface area contributed by atoms with Gasteiger partial charge in [-0.2, -0.15) is 0 Å². The van der Waals surface area contributed by atoms with Crippen LogP contribution in [0.25, 0.3) is 11.7 Å². The van der Waals surface area contributed by atoms with E-state index in [9.17, 15) is 9.90 Å². The molecule has 0 spiro atoms. The van der Waals surface area contributed by atoms with Crippen LogP contribution in [0.2, 0.25) is 0 Å². The minimum absolute atomic E-state index is 0.170. The molecule has 2 rings (SSSR count). The van der Waals surface area contributed by atoms with E-state index in [2.05, 4.69) is 10.2 Å². The van der Waals surface area contributed by atoms with E-state index in [4.69, 9.17) is 8.83 Å². The first-order chi connectivity index (χ1) is 7.66. The monoisotopic (exact) mass is 239 g/mol. The molecule has 0 N–H and O–H groups in total. The van der Waals surface area contributed by atoms with Gasteiger partial charge in [0.25, 0.3) is 11.1 Å². The minimum atomic E-state index is -1.18. The van der Waals surface area contributed by atoms with Crippen LogP contribution in [-0.2, 0) is 4.79 Å². The highest BCUT2D eigenvalue weighted by atomic mass is 32.2. The Morgan fingerprint density at radius 1 is 1.56 bits per heavy atom. The molecule has 6 nitrogen and oxygen atoms in total. The number of carboxylic acid groups (broad SMARTS) is 1. The summed E-state index contributed by atoms with van der Waals surface area (Å²) in [5, 5.41) is 17.3. The number of hydrogen-bond donors (Lipinski definition) is 0. The number of nitrogens with zero attached hydrogens (tertiary/aromatic N) is 2. The predicted molar refractivity (Wildman–Crippen MR) is 52.3 cm³/mol. The molecular formula is C9H7N2O4S-. The summed E-state index contributed by atoms with van der Waals surface area (Å²) in [5.74, 6) is -0.513. The summed E-state index contributed by atoms with van der Waals surface area (Å²) in [5.41, 5.74) is 0. The Balaban J connectivity index is 2.11. The van der Waals surface area contributed by atoms with Gasteiger partial charge in [0.05, 0.1) is 17.5 Å². The van der Waals surface area contributed by atoms with Gasteiger partial charge < -0.3 is 18.7 Å². The molecule has 2 aromatic rings. The minimum Gasteiger partial charge on any atom is -0.549 e. The van der Waals surface area contributed by atoms with E-state index >= 15 is 0 Å². The summed E-state index contributed by atoms with van der Waals surface area (Å²) in [6, 6.07) is 3.36. The Kier molecular flexibility index (Phi) is 2.95. The van der Waals surface area contributed by atoms with E-state index in [0.29, 0.717) is 5.76 Å². The Bertz CT molecular complexity index is 479. The van der Waals surface area contributed by atoms with E-state index in [1.165, 1.54) is 13.2 Å². The Labute approximate surface area is 94.7 Å². The zero-order chi connectivity index (χ0) is 11.5. The smallest absolute Gasteiger partial charge is 0.284 e. The fourth-order valence-corrected chi connectivity index (χ4v) is 1.57. The summed E-state index contributed by atoms with van der Waals surface area (Å²) in [6.07, 6.45) is 1.48. The number of rotatable bonds is 4. The Morgan fingerprint density at radius 3 is 3.00 bits per heavy atom. The number of carbonyl (C=O) groups excluding carboxylic acids is 1. The first-order valence-electron chi connectivity index (χ1n) is 4.41. The predicted octanol–water partition coefficient (Wildman–Crippen LogP) is 0.560. The summed E-state index contributed by atoms with van der Waals surface area (Å²) >= 11 is 0.926. The van der Waals surface area contributed by atoms with Crippen LogP contribution >= 0.6 is 11.8 Å². The highest BCUT2D eigenvalue weighted by Crippen LogP contribution is 2.25. The molecule has 2 aromatic heterocycles. The second kappa shape index (κ2) is 4.40. The van der Waals surface area contributed by atoms with Crippen molar-refractivity contribution < 1.29 is 18.7 Å². The highest BCUT2D eigenvalue weighted by Gasteiger charge is 2.14. The molecule has 0 fully saturated rings. The van der Waals surface area contributed by atoms with Gasteiger partial charge in [-0.3, -0.25) is 0 Å². The van der Waals surface area contributed by atoms with Crippen molar-refractivity contribution >= 4 is 17.7 Å². The van der Waals surface area contributed by atoms with E-state index in [0.717, 1.165) is 11.8 Å². The summed E-state index contributed by atoms with van der Waals surface area (Å²) in [6.45, 7) is 1.48. The second-order valence-electron chi connectivity index (χ2n) is 2.93. The normalized spacial score (nSPS) is 12.6. The number of hydrogen-bond acceptors (Lipinski definition) is 7. The Morgan fingerprint density at radius 2 is 2.38 bits per heavy atom. The van der Waals surface area contributed by atoms with E-state index in [-0.39, 0.29) is 11.1 Å². The van der Waals surface area contributed by atoms with Crippen molar-refractivity contribution in [1.29, 1.82) is 0 Å². The molecule has 16 heavy (non-hydrogen) atoms. The van der Waals surface area contributed by atoms with Crippen molar-refractivity contribution in [2.45, 2.75) is 17.4 Å². The van der Waals surface area contributed by atoms with Crippen LogP contribution in [0.3, 0.4) is 0 Å². The van der Waals surface area contributed by atoms with Gasteiger partial charge in [-0.05, 0) is 19.1 Å². The number of furan rings is 1. The number of thioether (sulfide) groups is 1. The van der Waals surface area contributed by atoms with Crippen molar-refractivity contribution in [3.8, 4) is 11.7 Å². The summed E-state index contributed by atoms with van der Waals surface area (Å²) < 4.78 is 10.3. The van der Waals surface area contributed by atoms with Crippen LogP contribution in [0.4, 0.5) is 0 Å². The molecule has 0 bridgehead atoms. The molecule has 0 aliphatic heterocycles. The molecule has 0 amide bonds. The van der Waals surface area contributed by atoms with Gasteiger partial charge in [0.1, 0.15) is 0 Å². The third kappa shape index (κ3) is 2.25. The van der Waals surface area contributed by atoms with E-state index < -0.39 is 11.2 Å². The lowest BCUT2D eigenvalue weighted by atomic mass is 10.5. The van der Waals surface area contributed by atoms with Gasteiger partial charge >= 0.3 is 0 Å². The largest absolute Gasteiger partial charge is 0.549 e. The van der Waals surface area contributed by atoms with Crippen molar-refractivity contribution in [3.63, 3.8) is 0 Å². The number of carboxylic acids is 1. The lowest BCUT2D eigenvalue weighted by Crippen LogP contribution is -2.31. The molecule has 1 atom stereocenters. The third-order valence-electron chi connectivity index (χ3n) is 1.75. The van der Waals surface area contributed by atoms with Crippen LogP contribution in [-0.4, -0.2) is 21.4 Å². The van der Waals surface area contributed by atoms with Gasteiger partial charge in [-0.15, -0.1) is 10.2 Å². The van der Waals surface area contributed by atoms with Gasteiger partial charge in [-0.1, -0.05) is 11.8 Å². The molecule has 7 heteroatoms. The fraction of sp³-hybridized carbons (Fsp3) is 0.222. The standard InChI is InChI=1S/C9H8N2O4S/c1-5(8(12)13)16-9-11-10-7(15-9)6-3-2-4-14-6/h2-5H,1H3,(H,12,13)/p-1/t5-/m1/s1. The van der Waals surface area contributed by atoms with E-state index in [1.807, 2.05) is 0 Å². The maximum absolute atomic E-state index is 10.5. The molecule has 0 radical (unpaired) electrons. The lowest BCUT2D eigenvalue weighted by molar-refractivity contribution is -0.304. The highest BCUT2D eigenvalue weighted by molar-refractivity contribution is 8.00. The molecular weight excluding hydrogens is 232 g/mol. The number of aliphatic carboxylic acids is 1. The third-order valence-corrected chi connectivity index (χ3v) is 2.66. The molecule has 0 aromatic carbocycles. The van der Waals surface area contributed by atoms with Crippen molar-refractivity contribution in [2.75, 3.05) is 0 Å². The summed E-state index contributed by atoms with van der Waals surface area (Å²) in [4.78, 5) is 10.5. The molecule has 84 valence electrons. The van der Waals surface area contributed by atoms with Crippen LogP contribution in [0, 0.1) is 0 Å². The first kappa shape index (κ1) is 10.7. The molecule has 0 saturated heterocycles.